The number of hydrogen-bond acceptors (Lipinski definition) is 3. The minimum atomic E-state index is 0.141. The summed E-state index contributed by atoms with van der Waals surface area (Å²) >= 11 is 0. The fourth-order valence-electron chi connectivity index (χ4n) is 1.82. The van der Waals surface area contributed by atoms with Crippen molar-refractivity contribution in [3.05, 3.63) is 23.9 Å². The Bertz CT molecular complexity index is 357. The molecule has 0 bridgehead atoms. The molecule has 18 heavy (non-hydrogen) atoms. The summed E-state index contributed by atoms with van der Waals surface area (Å²) in [5.41, 5.74) is 1.38. The van der Waals surface area contributed by atoms with Gasteiger partial charge in [-0.15, -0.1) is 0 Å². The van der Waals surface area contributed by atoms with Crippen LogP contribution in [0.3, 0.4) is 0 Å². The standard InChI is InChI=1S/C15H27N3/c1-7-15(4,5)18(6)14-10-9-13(11-17-14)12(3)16-8-2/h9-12,16H,7-8H2,1-6H3. The Balaban J connectivity index is 2.83. The van der Waals surface area contributed by atoms with Gasteiger partial charge in [0.15, 0.2) is 0 Å². The van der Waals surface area contributed by atoms with E-state index in [1.807, 2.05) is 6.20 Å². The van der Waals surface area contributed by atoms with Gasteiger partial charge < -0.3 is 10.2 Å². The van der Waals surface area contributed by atoms with Crippen LogP contribution in [0, 0.1) is 0 Å². The molecule has 102 valence electrons. The van der Waals surface area contributed by atoms with E-state index in [4.69, 9.17) is 0 Å². The molecule has 0 aromatic carbocycles. The number of aromatic nitrogens is 1. The lowest BCUT2D eigenvalue weighted by molar-refractivity contribution is 0.467. The van der Waals surface area contributed by atoms with Gasteiger partial charge in [0.1, 0.15) is 5.82 Å². The van der Waals surface area contributed by atoms with Crippen molar-refractivity contribution < 1.29 is 0 Å². The Kier molecular flexibility index (Phi) is 5.15. The largest absolute Gasteiger partial charge is 0.355 e. The highest BCUT2D eigenvalue weighted by atomic mass is 15.2. The maximum atomic E-state index is 4.58. The van der Waals surface area contributed by atoms with Crippen LogP contribution in [0.25, 0.3) is 0 Å². The summed E-state index contributed by atoms with van der Waals surface area (Å²) in [6.07, 6.45) is 3.08. The lowest BCUT2D eigenvalue weighted by Crippen LogP contribution is -2.41. The van der Waals surface area contributed by atoms with Gasteiger partial charge in [0.2, 0.25) is 0 Å². The first kappa shape index (κ1) is 15.0. The van der Waals surface area contributed by atoms with E-state index in [2.05, 4.69) is 69.0 Å². The van der Waals surface area contributed by atoms with Crippen LogP contribution in [0.1, 0.15) is 52.6 Å². The van der Waals surface area contributed by atoms with Crippen LogP contribution in [0.15, 0.2) is 18.3 Å². The van der Waals surface area contributed by atoms with Crippen molar-refractivity contribution in [1.82, 2.24) is 10.3 Å². The normalized spacial score (nSPS) is 13.4. The van der Waals surface area contributed by atoms with Crippen LogP contribution in [-0.2, 0) is 0 Å². The molecule has 0 saturated carbocycles. The highest BCUT2D eigenvalue weighted by Crippen LogP contribution is 2.23. The zero-order chi connectivity index (χ0) is 13.8. The zero-order valence-corrected chi connectivity index (χ0v) is 12.6. The molecule has 0 aliphatic carbocycles. The van der Waals surface area contributed by atoms with E-state index >= 15 is 0 Å². The zero-order valence-electron chi connectivity index (χ0n) is 12.6. The van der Waals surface area contributed by atoms with Crippen molar-refractivity contribution in [2.24, 2.45) is 0 Å². The molecule has 0 fully saturated rings. The van der Waals surface area contributed by atoms with Gasteiger partial charge in [-0.25, -0.2) is 4.98 Å². The van der Waals surface area contributed by atoms with Gasteiger partial charge in [-0.3, -0.25) is 0 Å². The molecule has 0 spiro atoms. The number of hydrogen-bond donors (Lipinski definition) is 1. The second-order valence-corrected chi connectivity index (χ2v) is 5.45. The molecule has 1 unspecified atom stereocenters. The Morgan fingerprint density at radius 3 is 2.44 bits per heavy atom. The van der Waals surface area contributed by atoms with Crippen LogP contribution >= 0.6 is 0 Å². The second kappa shape index (κ2) is 6.19. The van der Waals surface area contributed by atoms with E-state index in [1.54, 1.807) is 0 Å². The lowest BCUT2D eigenvalue weighted by atomic mass is 10.00. The first-order valence-corrected chi connectivity index (χ1v) is 6.85. The van der Waals surface area contributed by atoms with E-state index in [1.165, 1.54) is 5.56 Å². The van der Waals surface area contributed by atoms with Crippen molar-refractivity contribution in [3.8, 4) is 0 Å². The maximum Gasteiger partial charge on any atom is 0.128 e. The average molecular weight is 249 g/mol. The van der Waals surface area contributed by atoms with Gasteiger partial charge >= 0.3 is 0 Å². The van der Waals surface area contributed by atoms with E-state index in [9.17, 15) is 0 Å². The van der Waals surface area contributed by atoms with E-state index in [0.29, 0.717) is 6.04 Å². The first-order valence-electron chi connectivity index (χ1n) is 6.85. The summed E-state index contributed by atoms with van der Waals surface area (Å²) in [5.74, 6) is 1.04. The Morgan fingerprint density at radius 1 is 1.33 bits per heavy atom. The quantitative estimate of drug-likeness (QED) is 0.837. The molecule has 3 heteroatoms. The van der Waals surface area contributed by atoms with Gasteiger partial charge in [0.05, 0.1) is 0 Å². The molecule has 1 heterocycles. The highest BCUT2D eigenvalue weighted by molar-refractivity contribution is 5.41. The van der Waals surface area contributed by atoms with Crippen molar-refractivity contribution >= 4 is 5.82 Å². The molecule has 1 atom stereocenters. The third-order valence-electron chi connectivity index (χ3n) is 3.90. The van der Waals surface area contributed by atoms with Crippen molar-refractivity contribution in [3.63, 3.8) is 0 Å². The monoisotopic (exact) mass is 249 g/mol. The van der Waals surface area contributed by atoms with Crippen molar-refractivity contribution in [2.45, 2.75) is 52.6 Å². The fraction of sp³-hybridized carbons (Fsp3) is 0.667. The van der Waals surface area contributed by atoms with Crippen molar-refractivity contribution in [2.75, 3.05) is 18.5 Å². The number of anilines is 1. The molecule has 1 aromatic heterocycles. The molecular weight excluding hydrogens is 222 g/mol. The Hall–Kier alpha value is -1.09. The molecular formula is C15H27N3. The Morgan fingerprint density at radius 2 is 2.00 bits per heavy atom. The summed E-state index contributed by atoms with van der Waals surface area (Å²) in [5, 5.41) is 3.40. The smallest absolute Gasteiger partial charge is 0.128 e. The van der Waals surface area contributed by atoms with Crippen molar-refractivity contribution in [1.29, 1.82) is 0 Å². The number of nitrogens with zero attached hydrogens (tertiary/aromatic N) is 2. The van der Waals surface area contributed by atoms with Gasteiger partial charge in [-0.2, -0.15) is 0 Å². The summed E-state index contributed by atoms with van der Waals surface area (Å²) < 4.78 is 0. The van der Waals surface area contributed by atoms with Gasteiger partial charge in [-0.1, -0.05) is 19.9 Å². The third-order valence-corrected chi connectivity index (χ3v) is 3.90. The van der Waals surface area contributed by atoms with Gasteiger partial charge in [-0.05, 0) is 45.4 Å². The summed E-state index contributed by atoms with van der Waals surface area (Å²) in [4.78, 5) is 6.83. The second-order valence-electron chi connectivity index (χ2n) is 5.45. The van der Waals surface area contributed by atoms with Crippen LogP contribution in [0.4, 0.5) is 5.82 Å². The average Bonchev–Trinajstić information content (AvgIpc) is 2.38. The fourth-order valence-corrected chi connectivity index (χ4v) is 1.82. The number of rotatable bonds is 6. The first-order chi connectivity index (χ1) is 8.42. The molecule has 0 aliphatic rings. The molecule has 1 aromatic rings. The van der Waals surface area contributed by atoms with Crippen LogP contribution in [-0.4, -0.2) is 24.1 Å². The van der Waals surface area contributed by atoms with E-state index in [-0.39, 0.29) is 5.54 Å². The summed E-state index contributed by atoms with van der Waals surface area (Å²) in [6, 6.07) is 4.64. The maximum absolute atomic E-state index is 4.58. The topological polar surface area (TPSA) is 28.2 Å². The molecule has 1 N–H and O–H groups in total. The summed E-state index contributed by atoms with van der Waals surface area (Å²) in [6.45, 7) is 12.0. The molecule has 0 amide bonds. The number of pyridine rings is 1. The molecule has 0 aliphatic heterocycles. The minimum absolute atomic E-state index is 0.141. The predicted molar refractivity (Wildman–Crippen MR) is 79.1 cm³/mol. The SMILES string of the molecule is CCNC(C)c1ccc(N(C)C(C)(C)CC)nc1. The molecule has 3 nitrogen and oxygen atoms in total. The van der Waals surface area contributed by atoms with Crippen LogP contribution in [0.5, 0.6) is 0 Å². The van der Waals surface area contributed by atoms with E-state index < -0.39 is 0 Å². The minimum Gasteiger partial charge on any atom is -0.355 e. The molecule has 1 rings (SSSR count). The molecule has 0 radical (unpaired) electrons. The van der Waals surface area contributed by atoms with Gasteiger partial charge in [0, 0.05) is 24.8 Å². The molecule has 0 saturated heterocycles. The summed E-state index contributed by atoms with van der Waals surface area (Å²) in [7, 11) is 2.11. The number of nitrogens with one attached hydrogen (secondary N) is 1. The Labute approximate surface area is 112 Å². The highest BCUT2D eigenvalue weighted by Gasteiger charge is 2.22. The van der Waals surface area contributed by atoms with Crippen LogP contribution < -0.4 is 10.2 Å². The van der Waals surface area contributed by atoms with Crippen LogP contribution in [0.2, 0.25) is 0 Å². The van der Waals surface area contributed by atoms with Gasteiger partial charge in [0.25, 0.3) is 0 Å². The third kappa shape index (κ3) is 3.45. The predicted octanol–water partition coefficient (Wildman–Crippen LogP) is 3.38. The lowest BCUT2D eigenvalue weighted by Gasteiger charge is -2.35. The van der Waals surface area contributed by atoms with E-state index in [0.717, 1.165) is 18.8 Å².